The Morgan fingerprint density at radius 3 is 2.35 bits per heavy atom. The number of aryl methyl sites for hydroxylation is 1. The van der Waals surface area contributed by atoms with Gasteiger partial charge in [0.1, 0.15) is 17.2 Å². The Morgan fingerprint density at radius 1 is 0.875 bits per heavy atom. The number of benzene rings is 3. The number of hydrogen-bond donors (Lipinski definition) is 0. The van der Waals surface area contributed by atoms with E-state index in [1.54, 1.807) is 48.0 Å². The van der Waals surface area contributed by atoms with Crippen LogP contribution in [0.3, 0.4) is 0 Å². The lowest BCUT2D eigenvalue weighted by Gasteiger charge is -2.26. The average Bonchev–Trinajstić information content (AvgIpc) is 3.28. The molecule has 3 heterocycles. The van der Waals surface area contributed by atoms with Crippen molar-refractivity contribution >= 4 is 28.7 Å². The van der Waals surface area contributed by atoms with Crippen LogP contribution in [-0.2, 0) is 11.8 Å². The standard InChI is InChI=1S/C31H25NO8/c1-32-21-8-6-5-7-16(21)11-20(31(32)35)19-14-27(33)39-22-10-9-18-29(34)26(40-30(18)28(19)22)13-17-12-24(37-3)25(38-4)15-23(17)36-2/h5-13,15,19H,14H2,1-4H3/b26-13-/t19-/m0/s1. The fourth-order valence-electron chi connectivity index (χ4n) is 5.38. The molecule has 0 amide bonds. The van der Waals surface area contributed by atoms with E-state index in [1.165, 1.54) is 21.3 Å². The number of allylic oxidation sites excluding steroid dienone is 1. The number of nitrogens with zero attached hydrogens (tertiary/aromatic N) is 1. The number of pyridine rings is 1. The van der Waals surface area contributed by atoms with Gasteiger partial charge in [0.25, 0.3) is 5.56 Å². The Bertz CT molecular complexity index is 1820. The Labute approximate surface area is 229 Å². The van der Waals surface area contributed by atoms with E-state index in [0.29, 0.717) is 39.5 Å². The van der Waals surface area contributed by atoms with Gasteiger partial charge in [-0.15, -0.1) is 0 Å². The molecule has 0 aliphatic carbocycles. The van der Waals surface area contributed by atoms with Crippen LogP contribution < -0.4 is 29.2 Å². The van der Waals surface area contributed by atoms with Crippen LogP contribution in [-0.4, -0.2) is 37.6 Å². The van der Waals surface area contributed by atoms with Gasteiger partial charge in [0.05, 0.1) is 38.8 Å². The molecule has 0 saturated heterocycles. The highest BCUT2D eigenvalue weighted by atomic mass is 16.5. The molecule has 40 heavy (non-hydrogen) atoms. The number of methoxy groups -OCH3 is 3. The van der Waals surface area contributed by atoms with E-state index >= 15 is 0 Å². The number of fused-ring (bicyclic) bond motifs is 4. The van der Waals surface area contributed by atoms with Crippen molar-refractivity contribution in [2.75, 3.05) is 21.3 Å². The second-order valence-corrected chi connectivity index (χ2v) is 9.50. The molecule has 9 nitrogen and oxygen atoms in total. The smallest absolute Gasteiger partial charge is 0.312 e. The van der Waals surface area contributed by atoms with Gasteiger partial charge in [-0.05, 0) is 41.8 Å². The highest BCUT2D eigenvalue weighted by molar-refractivity contribution is 6.15. The zero-order valence-corrected chi connectivity index (χ0v) is 22.3. The summed E-state index contributed by atoms with van der Waals surface area (Å²) in [5.74, 6) is 0.460. The third-order valence-corrected chi connectivity index (χ3v) is 7.34. The summed E-state index contributed by atoms with van der Waals surface area (Å²) in [5.41, 5.74) is 2.29. The minimum absolute atomic E-state index is 0.0518. The van der Waals surface area contributed by atoms with Gasteiger partial charge in [0, 0.05) is 35.7 Å². The maximum Gasteiger partial charge on any atom is 0.312 e. The van der Waals surface area contributed by atoms with Gasteiger partial charge in [-0.2, -0.15) is 0 Å². The number of ketones is 1. The van der Waals surface area contributed by atoms with Gasteiger partial charge >= 0.3 is 5.97 Å². The van der Waals surface area contributed by atoms with Crippen LogP contribution in [0.25, 0.3) is 17.0 Å². The number of rotatable bonds is 5. The van der Waals surface area contributed by atoms with Gasteiger partial charge in [-0.1, -0.05) is 18.2 Å². The van der Waals surface area contributed by atoms with E-state index in [4.69, 9.17) is 23.7 Å². The lowest BCUT2D eigenvalue weighted by Crippen LogP contribution is -2.29. The molecule has 2 aliphatic heterocycles. The quantitative estimate of drug-likeness (QED) is 0.206. The van der Waals surface area contributed by atoms with E-state index in [1.807, 2.05) is 24.3 Å². The van der Waals surface area contributed by atoms with Gasteiger partial charge < -0.3 is 28.3 Å². The second kappa shape index (κ2) is 9.60. The predicted octanol–water partition coefficient (Wildman–Crippen LogP) is 4.62. The Balaban J connectivity index is 1.50. The first kappa shape index (κ1) is 25.2. The fourth-order valence-corrected chi connectivity index (χ4v) is 5.38. The van der Waals surface area contributed by atoms with Crippen molar-refractivity contribution in [3.8, 4) is 28.7 Å². The first-order chi connectivity index (χ1) is 19.3. The van der Waals surface area contributed by atoms with Crippen LogP contribution in [0.5, 0.6) is 28.7 Å². The summed E-state index contributed by atoms with van der Waals surface area (Å²) in [6.07, 6.45) is 1.49. The third-order valence-electron chi connectivity index (χ3n) is 7.34. The number of hydrogen-bond acceptors (Lipinski definition) is 8. The fraction of sp³-hybridized carbons (Fsp3) is 0.194. The lowest BCUT2D eigenvalue weighted by atomic mass is 9.84. The van der Waals surface area contributed by atoms with Crippen LogP contribution in [0, 0.1) is 0 Å². The van der Waals surface area contributed by atoms with Crippen LogP contribution in [0.15, 0.2) is 65.2 Å². The SMILES string of the molecule is COc1cc(OC)c(OC)cc1/C=C1\Oc2c(ccc3c2[C@H](c2cc4ccccc4n(C)c2=O)CC(=O)O3)C1=O. The molecule has 3 aromatic carbocycles. The molecule has 1 aromatic heterocycles. The summed E-state index contributed by atoms with van der Waals surface area (Å²) >= 11 is 0. The first-order valence-electron chi connectivity index (χ1n) is 12.5. The second-order valence-electron chi connectivity index (χ2n) is 9.50. The topological polar surface area (TPSA) is 102 Å². The molecule has 6 rings (SSSR count). The maximum absolute atomic E-state index is 13.5. The number of ether oxygens (including phenoxy) is 5. The largest absolute Gasteiger partial charge is 0.496 e. The van der Waals surface area contributed by atoms with E-state index < -0.39 is 11.9 Å². The summed E-state index contributed by atoms with van der Waals surface area (Å²) in [4.78, 5) is 39.6. The predicted molar refractivity (Wildman–Crippen MR) is 147 cm³/mol. The van der Waals surface area contributed by atoms with Crippen molar-refractivity contribution < 1.29 is 33.3 Å². The van der Waals surface area contributed by atoms with Crippen molar-refractivity contribution in [2.45, 2.75) is 12.3 Å². The zero-order valence-electron chi connectivity index (χ0n) is 22.3. The summed E-state index contributed by atoms with van der Waals surface area (Å²) in [7, 11) is 6.24. The number of aromatic nitrogens is 1. The lowest BCUT2D eigenvalue weighted by molar-refractivity contribution is -0.135. The molecule has 1 atom stereocenters. The monoisotopic (exact) mass is 539 g/mol. The van der Waals surface area contributed by atoms with E-state index in [0.717, 1.165) is 10.9 Å². The molecular weight excluding hydrogens is 514 g/mol. The molecule has 0 N–H and O–H groups in total. The number of esters is 1. The molecule has 0 spiro atoms. The highest BCUT2D eigenvalue weighted by Gasteiger charge is 2.39. The summed E-state index contributed by atoms with van der Waals surface area (Å²) in [6.45, 7) is 0. The molecule has 0 unspecified atom stereocenters. The maximum atomic E-state index is 13.5. The Morgan fingerprint density at radius 2 is 1.60 bits per heavy atom. The third kappa shape index (κ3) is 3.89. The molecular formula is C31H25NO8. The van der Waals surface area contributed by atoms with E-state index in [9.17, 15) is 14.4 Å². The molecule has 0 radical (unpaired) electrons. The normalized spacial score (nSPS) is 16.8. The van der Waals surface area contributed by atoms with Crippen molar-refractivity contribution in [3.05, 3.63) is 93.0 Å². The number of Topliss-reactive ketones (excluding diaryl/α,β-unsaturated/α-hetero) is 1. The van der Waals surface area contributed by atoms with Gasteiger partial charge in [0.2, 0.25) is 5.78 Å². The minimum atomic E-state index is -0.669. The van der Waals surface area contributed by atoms with Crippen LogP contribution in [0.1, 0.15) is 39.4 Å². The van der Waals surface area contributed by atoms with Crippen LogP contribution >= 0.6 is 0 Å². The van der Waals surface area contributed by atoms with Crippen LogP contribution in [0.4, 0.5) is 0 Å². The Hall–Kier alpha value is -5.05. The van der Waals surface area contributed by atoms with E-state index in [2.05, 4.69) is 0 Å². The zero-order chi connectivity index (χ0) is 28.1. The van der Waals surface area contributed by atoms with E-state index in [-0.39, 0.29) is 35.0 Å². The first-order valence-corrected chi connectivity index (χ1v) is 12.5. The molecule has 4 aromatic rings. The Kier molecular flexibility index (Phi) is 6.06. The molecule has 9 heteroatoms. The molecule has 202 valence electrons. The molecule has 0 saturated carbocycles. The summed E-state index contributed by atoms with van der Waals surface area (Å²) in [5, 5.41) is 0.853. The minimum Gasteiger partial charge on any atom is -0.496 e. The highest BCUT2D eigenvalue weighted by Crippen LogP contribution is 2.49. The molecule has 0 fully saturated rings. The number of carbonyl (C=O) groups is 2. The van der Waals surface area contributed by atoms with Crippen molar-refractivity contribution in [1.82, 2.24) is 4.57 Å². The van der Waals surface area contributed by atoms with Crippen molar-refractivity contribution in [3.63, 3.8) is 0 Å². The van der Waals surface area contributed by atoms with Gasteiger partial charge in [-0.25, -0.2) is 0 Å². The molecule has 2 aliphatic rings. The van der Waals surface area contributed by atoms with Gasteiger partial charge in [-0.3, -0.25) is 14.4 Å². The molecule has 0 bridgehead atoms. The van der Waals surface area contributed by atoms with Crippen molar-refractivity contribution in [2.24, 2.45) is 7.05 Å². The summed E-state index contributed by atoms with van der Waals surface area (Å²) < 4.78 is 29.6. The van der Waals surface area contributed by atoms with Crippen LogP contribution in [0.2, 0.25) is 0 Å². The number of para-hydroxylation sites is 1. The number of carbonyl (C=O) groups excluding carboxylic acids is 2. The summed E-state index contributed by atoms with van der Waals surface area (Å²) in [6, 6.07) is 15.8. The van der Waals surface area contributed by atoms with Crippen molar-refractivity contribution in [1.29, 1.82) is 0 Å². The average molecular weight is 540 g/mol. The van der Waals surface area contributed by atoms with Gasteiger partial charge in [0.15, 0.2) is 17.3 Å².